The summed E-state index contributed by atoms with van der Waals surface area (Å²) in [6.07, 6.45) is 8.43. The zero-order valence-corrected chi connectivity index (χ0v) is 10.3. The summed E-state index contributed by atoms with van der Waals surface area (Å²) in [4.78, 5) is 2.67. The van der Waals surface area contributed by atoms with Crippen LogP contribution in [0.1, 0.15) is 59.3 Å². The van der Waals surface area contributed by atoms with Crippen LogP contribution in [0.4, 0.5) is 0 Å². The molecule has 0 aromatic carbocycles. The van der Waals surface area contributed by atoms with E-state index in [1.165, 1.54) is 51.6 Å². The highest BCUT2D eigenvalue weighted by molar-refractivity contribution is 4.73. The second-order valence-electron chi connectivity index (χ2n) is 5.06. The molecule has 2 unspecified atom stereocenters. The molecule has 1 heterocycles. The zero-order chi connectivity index (χ0) is 10.4. The van der Waals surface area contributed by atoms with Crippen LogP contribution in [0.25, 0.3) is 0 Å². The van der Waals surface area contributed by atoms with Gasteiger partial charge in [0.15, 0.2) is 0 Å². The highest BCUT2D eigenvalue weighted by Crippen LogP contribution is 2.19. The minimum atomic E-state index is 0.830. The molecule has 2 atom stereocenters. The van der Waals surface area contributed by atoms with Crippen LogP contribution >= 0.6 is 0 Å². The SMILES string of the molecule is CCCC(C)CCC(C)N1CCCC1. The van der Waals surface area contributed by atoms with Crippen molar-refractivity contribution in [1.82, 2.24) is 4.90 Å². The van der Waals surface area contributed by atoms with Gasteiger partial charge in [-0.2, -0.15) is 0 Å². The van der Waals surface area contributed by atoms with Crippen LogP contribution in [0, 0.1) is 5.92 Å². The van der Waals surface area contributed by atoms with E-state index >= 15 is 0 Å². The third-order valence-corrected chi connectivity index (χ3v) is 3.62. The van der Waals surface area contributed by atoms with Gasteiger partial charge in [0.25, 0.3) is 0 Å². The molecule has 1 fully saturated rings. The number of rotatable bonds is 6. The zero-order valence-electron chi connectivity index (χ0n) is 10.3. The normalized spacial score (nSPS) is 22.5. The van der Waals surface area contributed by atoms with Crippen LogP contribution in [-0.4, -0.2) is 24.0 Å². The number of hydrogen-bond acceptors (Lipinski definition) is 1. The first-order chi connectivity index (χ1) is 6.74. The molecular weight excluding hydrogens is 170 g/mol. The van der Waals surface area contributed by atoms with Crippen molar-refractivity contribution in [2.45, 2.75) is 65.3 Å². The largest absolute Gasteiger partial charge is 0.301 e. The Bertz CT molecular complexity index is 138. The Hall–Kier alpha value is -0.0400. The maximum atomic E-state index is 2.67. The topological polar surface area (TPSA) is 3.24 Å². The second-order valence-corrected chi connectivity index (χ2v) is 5.06. The van der Waals surface area contributed by atoms with Gasteiger partial charge in [0, 0.05) is 6.04 Å². The maximum Gasteiger partial charge on any atom is 0.00670 e. The summed E-state index contributed by atoms with van der Waals surface area (Å²) < 4.78 is 0. The average Bonchev–Trinajstić information content (AvgIpc) is 2.67. The van der Waals surface area contributed by atoms with Crippen molar-refractivity contribution in [3.05, 3.63) is 0 Å². The fourth-order valence-electron chi connectivity index (χ4n) is 2.53. The lowest BCUT2D eigenvalue weighted by molar-refractivity contribution is 0.233. The third-order valence-electron chi connectivity index (χ3n) is 3.62. The third kappa shape index (κ3) is 4.00. The van der Waals surface area contributed by atoms with Gasteiger partial charge in [-0.1, -0.05) is 26.7 Å². The predicted octanol–water partition coefficient (Wildman–Crippen LogP) is 3.69. The van der Waals surface area contributed by atoms with Gasteiger partial charge in [-0.3, -0.25) is 0 Å². The van der Waals surface area contributed by atoms with E-state index in [9.17, 15) is 0 Å². The van der Waals surface area contributed by atoms with Crippen LogP contribution in [0.15, 0.2) is 0 Å². The average molecular weight is 197 g/mol. The van der Waals surface area contributed by atoms with Crippen LogP contribution in [0.2, 0.25) is 0 Å². The van der Waals surface area contributed by atoms with Crippen molar-refractivity contribution in [2.75, 3.05) is 13.1 Å². The van der Waals surface area contributed by atoms with Gasteiger partial charge in [-0.05, 0) is 51.6 Å². The molecule has 0 N–H and O–H groups in total. The number of hydrogen-bond donors (Lipinski definition) is 0. The lowest BCUT2D eigenvalue weighted by atomic mass is 9.97. The van der Waals surface area contributed by atoms with E-state index < -0.39 is 0 Å². The molecule has 1 saturated heterocycles. The van der Waals surface area contributed by atoms with Gasteiger partial charge < -0.3 is 4.90 Å². The van der Waals surface area contributed by atoms with Crippen LogP contribution in [0.5, 0.6) is 0 Å². The molecule has 1 aliphatic heterocycles. The van der Waals surface area contributed by atoms with Gasteiger partial charge >= 0.3 is 0 Å². The highest BCUT2D eigenvalue weighted by Gasteiger charge is 2.17. The van der Waals surface area contributed by atoms with Crippen molar-refractivity contribution in [1.29, 1.82) is 0 Å². The second kappa shape index (κ2) is 6.44. The van der Waals surface area contributed by atoms with Gasteiger partial charge in [-0.25, -0.2) is 0 Å². The molecule has 0 saturated carbocycles. The summed E-state index contributed by atoms with van der Waals surface area (Å²) in [7, 11) is 0. The first-order valence-electron chi connectivity index (χ1n) is 6.48. The van der Waals surface area contributed by atoms with Gasteiger partial charge in [-0.15, -0.1) is 0 Å². The Labute approximate surface area is 89.9 Å². The maximum absolute atomic E-state index is 2.67. The minimum absolute atomic E-state index is 0.830. The lowest BCUT2D eigenvalue weighted by Gasteiger charge is -2.24. The van der Waals surface area contributed by atoms with E-state index in [4.69, 9.17) is 0 Å². The van der Waals surface area contributed by atoms with E-state index in [0.717, 1.165) is 12.0 Å². The Morgan fingerprint density at radius 3 is 2.21 bits per heavy atom. The highest BCUT2D eigenvalue weighted by atomic mass is 15.2. The summed E-state index contributed by atoms with van der Waals surface area (Å²) in [6, 6.07) is 0.830. The van der Waals surface area contributed by atoms with E-state index in [-0.39, 0.29) is 0 Å². The van der Waals surface area contributed by atoms with Crippen molar-refractivity contribution in [3.63, 3.8) is 0 Å². The van der Waals surface area contributed by atoms with E-state index in [1.807, 2.05) is 0 Å². The van der Waals surface area contributed by atoms with E-state index in [2.05, 4.69) is 25.7 Å². The first-order valence-corrected chi connectivity index (χ1v) is 6.48. The van der Waals surface area contributed by atoms with Crippen LogP contribution in [-0.2, 0) is 0 Å². The molecule has 0 aromatic heterocycles. The molecule has 14 heavy (non-hydrogen) atoms. The summed E-state index contributed by atoms with van der Waals surface area (Å²) in [6.45, 7) is 9.80. The smallest absolute Gasteiger partial charge is 0.00670 e. The first kappa shape index (κ1) is 12.0. The summed E-state index contributed by atoms with van der Waals surface area (Å²) in [5, 5.41) is 0. The van der Waals surface area contributed by atoms with Gasteiger partial charge in [0.2, 0.25) is 0 Å². The standard InChI is InChI=1S/C13H27N/c1-4-7-12(2)8-9-13(3)14-10-5-6-11-14/h12-13H,4-11H2,1-3H3. The van der Waals surface area contributed by atoms with E-state index in [0.29, 0.717) is 0 Å². The van der Waals surface area contributed by atoms with Crippen LogP contribution < -0.4 is 0 Å². The van der Waals surface area contributed by atoms with Gasteiger partial charge in [0.1, 0.15) is 0 Å². The fraction of sp³-hybridized carbons (Fsp3) is 1.00. The lowest BCUT2D eigenvalue weighted by Crippen LogP contribution is -2.30. The Morgan fingerprint density at radius 1 is 1.00 bits per heavy atom. The molecule has 0 spiro atoms. The molecule has 1 aliphatic rings. The van der Waals surface area contributed by atoms with Crippen molar-refractivity contribution >= 4 is 0 Å². The monoisotopic (exact) mass is 197 g/mol. The summed E-state index contributed by atoms with van der Waals surface area (Å²) in [5.74, 6) is 0.935. The predicted molar refractivity (Wildman–Crippen MR) is 63.6 cm³/mol. The van der Waals surface area contributed by atoms with Crippen molar-refractivity contribution in [2.24, 2.45) is 5.92 Å². The Morgan fingerprint density at radius 2 is 1.64 bits per heavy atom. The molecule has 0 radical (unpaired) electrons. The molecule has 84 valence electrons. The quantitative estimate of drug-likeness (QED) is 0.628. The summed E-state index contributed by atoms with van der Waals surface area (Å²) in [5.41, 5.74) is 0. The number of nitrogens with zero attached hydrogens (tertiary/aromatic N) is 1. The summed E-state index contributed by atoms with van der Waals surface area (Å²) >= 11 is 0. The molecule has 0 amide bonds. The fourth-order valence-corrected chi connectivity index (χ4v) is 2.53. The van der Waals surface area contributed by atoms with Crippen molar-refractivity contribution < 1.29 is 0 Å². The van der Waals surface area contributed by atoms with Gasteiger partial charge in [0.05, 0.1) is 0 Å². The molecular formula is C13H27N. The Balaban J connectivity index is 2.10. The van der Waals surface area contributed by atoms with Crippen molar-refractivity contribution in [3.8, 4) is 0 Å². The van der Waals surface area contributed by atoms with Crippen LogP contribution in [0.3, 0.4) is 0 Å². The Kier molecular flexibility index (Phi) is 5.54. The molecule has 1 heteroatoms. The molecule has 0 bridgehead atoms. The molecule has 0 aromatic rings. The molecule has 1 nitrogen and oxygen atoms in total. The number of likely N-dealkylation sites (tertiary alicyclic amines) is 1. The molecule has 1 rings (SSSR count). The minimum Gasteiger partial charge on any atom is -0.301 e. The van der Waals surface area contributed by atoms with E-state index in [1.54, 1.807) is 0 Å². The molecule has 0 aliphatic carbocycles.